The molecule has 0 radical (unpaired) electrons. The van der Waals surface area contributed by atoms with Crippen LogP contribution in [0.2, 0.25) is 0 Å². The Balaban J connectivity index is 2.31. The van der Waals surface area contributed by atoms with Crippen molar-refractivity contribution in [1.82, 2.24) is 4.72 Å². The Hall–Kier alpha value is -1.78. The minimum absolute atomic E-state index is 0.111. The van der Waals surface area contributed by atoms with Crippen molar-refractivity contribution in [3.05, 3.63) is 67.3 Å². The maximum Gasteiger partial charge on any atom is 0.305 e. The van der Waals surface area contributed by atoms with E-state index in [9.17, 15) is 4.79 Å². The first kappa shape index (κ1) is 22.3. The number of rotatable bonds is 14. The highest BCUT2D eigenvalue weighted by Crippen LogP contribution is 2.19. The molecule has 0 aliphatic heterocycles. The Kier molecular flexibility index (Phi) is 12.3. The first-order valence-electron chi connectivity index (χ1n) is 9.17. The lowest BCUT2D eigenvalue weighted by Gasteiger charge is -2.12. The van der Waals surface area contributed by atoms with Gasteiger partial charge >= 0.3 is 5.97 Å². The number of esters is 1. The molecule has 1 rings (SSSR count). The third-order valence-corrected chi connectivity index (χ3v) is 4.91. The average molecular weight is 374 g/mol. The van der Waals surface area contributed by atoms with E-state index < -0.39 is 0 Å². The minimum Gasteiger partial charge on any atom is -0.469 e. The lowest BCUT2D eigenvalue weighted by atomic mass is 10.1. The summed E-state index contributed by atoms with van der Waals surface area (Å²) >= 11 is 1.65. The van der Waals surface area contributed by atoms with E-state index in [2.05, 4.69) is 53.0 Å². The second kappa shape index (κ2) is 14.4. The molecule has 1 aromatic carbocycles. The van der Waals surface area contributed by atoms with Crippen molar-refractivity contribution in [3.63, 3.8) is 0 Å². The van der Waals surface area contributed by atoms with Gasteiger partial charge in [-0.2, -0.15) is 0 Å². The number of hydrogen-bond donors (Lipinski definition) is 1. The van der Waals surface area contributed by atoms with Crippen LogP contribution < -0.4 is 4.72 Å². The number of unbranched alkanes of at least 4 members (excludes halogenated alkanes) is 3. The van der Waals surface area contributed by atoms with Gasteiger partial charge in [0.1, 0.15) is 0 Å². The summed E-state index contributed by atoms with van der Waals surface area (Å²) in [6.45, 7) is 7.57. The molecule has 4 heteroatoms. The van der Waals surface area contributed by atoms with Crippen LogP contribution in [-0.4, -0.2) is 19.1 Å². The number of aryl methyl sites for hydroxylation is 1. The van der Waals surface area contributed by atoms with Crippen LogP contribution in [0, 0.1) is 0 Å². The Morgan fingerprint density at radius 2 is 2.08 bits per heavy atom. The maximum atomic E-state index is 11.1. The molecule has 142 valence electrons. The molecule has 0 saturated heterocycles. The van der Waals surface area contributed by atoms with Crippen molar-refractivity contribution in [2.75, 3.05) is 7.11 Å². The van der Waals surface area contributed by atoms with Gasteiger partial charge in [0.2, 0.25) is 0 Å². The minimum atomic E-state index is -0.111. The first-order valence-corrected chi connectivity index (χ1v) is 9.99. The van der Waals surface area contributed by atoms with Crippen molar-refractivity contribution < 1.29 is 9.53 Å². The zero-order valence-corrected chi connectivity index (χ0v) is 16.6. The van der Waals surface area contributed by atoms with Crippen LogP contribution in [0.5, 0.6) is 0 Å². The fourth-order valence-corrected chi connectivity index (χ4v) is 3.31. The predicted molar refractivity (Wildman–Crippen MR) is 112 cm³/mol. The van der Waals surface area contributed by atoms with Gasteiger partial charge in [0, 0.05) is 17.4 Å². The van der Waals surface area contributed by atoms with Gasteiger partial charge in [0.25, 0.3) is 0 Å². The number of carbonyl (C=O) groups is 1. The highest BCUT2D eigenvalue weighted by atomic mass is 32.2. The lowest BCUT2D eigenvalue weighted by molar-refractivity contribution is -0.140. The van der Waals surface area contributed by atoms with Gasteiger partial charge in [-0.15, -0.1) is 6.58 Å². The molecular weight excluding hydrogens is 342 g/mol. The third kappa shape index (κ3) is 10.3. The van der Waals surface area contributed by atoms with E-state index >= 15 is 0 Å². The molecule has 0 spiro atoms. The Morgan fingerprint density at radius 3 is 2.81 bits per heavy atom. The van der Waals surface area contributed by atoms with Gasteiger partial charge in [-0.1, -0.05) is 55.9 Å². The predicted octanol–water partition coefficient (Wildman–Crippen LogP) is 5.64. The first-order chi connectivity index (χ1) is 12.7. The second-order valence-corrected chi connectivity index (χ2v) is 7.01. The van der Waals surface area contributed by atoms with Gasteiger partial charge < -0.3 is 4.74 Å². The normalized spacial score (nSPS) is 12.0. The molecule has 1 unspecified atom stereocenters. The number of hydrogen-bond acceptors (Lipinski definition) is 4. The van der Waals surface area contributed by atoms with Crippen molar-refractivity contribution in [2.24, 2.45) is 0 Å². The average Bonchev–Trinajstić information content (AvgIpc) is 2.67. The Morgan fingerprint density at radius 1 is 1.27 bits per heavy atom. The van der Waals surface area contributed by atoms with Crippen LogP contribution in [0.1, 0.15) is 44.1 Å². The number of allylic oxidation sites excluding steroid dienone is 2. The van der Waals surface area contributed by atoms with Crippen molar-refractivity contribution >= 4 is 17.9 Å². The quantitative estimate of drug-likeness (QED) is 0.151. The van der Waals surface area contributed by atoms with Crippen molar-refractivity contribution in [2.45, 2.75) is 55.9 Å². The molecule has 0 aliphatic rings. The molecular formula is C22H31NO2S. The standard InChI is InChI=1S/C22H31NO2S/c1-4-6-9-15-20(5-2)23-26-21-16-12-14-19(18-21)13-10-7-8-11-17-22(24)25-3/h4-6,9,12,14,16,18,20,23H,1-2,7-8,10-11,13,15,17H2,3H3/b9-6-. The molecule has 0 amide bonds. The fourth-order valence-electron chi connectivity index (χ4n) is 2.48. The molecule has 0 bridgehead atoms. The van der Waals surface area contributed by atoms with Crippen LogP contribution >= 0.6 is 11.9 Å². The summed E-state index contributed by atoms with van der Waals surface area (Å²) in [7, 11) is 1.44. The maximum absolute atomic E-state index is 11.1. The smallest absolute Gasteiger partial charge is 0.305 e. The summed E-state index contributed by atoms with van der Waals surface area (Å²) in [6.07, 6.45) is 14.5. The summed E-state index contributed by atoms with van der Waals surface area (Å²) in [4.78, 5) is 12.3. The monoisotopic (exact) mass is 373 g/mol. The van der Waals surface area contributed by atoms with Gasteiger partial charge in [-0.3, -0.25) is 9.52 Å². The van der Waals surface area contributed by atoms with Crippen LogP contribution in [-0.2, 0) is 16.0 Å². The molecule has 26 heavy (non-hydrogen) atoms. The van der Waals surface area contributed by atoms with Crippen LogP contribution in [0.3, 0.4) is 0 Å². The van der Waals surface area contributed by atoms with E-state index in [-0.39, 0.29) is 12.0 Å². The van der Waals surface area contributed by atoms with Crippen LogP contribution in [0.4, 0.5) is 0 Å². The van der Waals surface area contributed by atoms with E-state index in [4.69, 9.17) is 0 Å². The van der Waals surface area contributed by atoms with E-state index in [1.807, 2.05) is 12.2 Å². The number of ether oxygens (including phenoxy) is 1. The van der Waals surface area contributed by atoms with E-state index in [1.165, 1.54) is 17.6 Å². The fraction of sp³-hybridized carbons (Fsp3) is 0.409. The number of carbonyl (C=O) groups excluding carboxylic acids is 1. The largest absolute Gasteiger partial charge is 0.469 e. The topological polar surface area (TPSA) is 38.3 Å². The molecule has 1 aromatic rings. The second-order valence-electron chi connectivity index (χ2n) is 6.10. The molecule has 3 nitrogen and oxygen atoms in total. The zero-order chi connectivity index (χ0) is 19.0. The van der Waals surface area contributed by atoms with Crippen LogP contribution in [0.25, 0.3) is 0 Å². The molecule has 0 aromatic heterocycles. The van der Waals surface area contributed by atoms with E-state index in [1.54, 1.807) is 18.0 Å². The summed E-state index contributed by atoms with van der Waals surface area (Å²) in [5.74, 6) is -0.111. The third-order valence-electron chi connectivity index (χ3n) is 4.00. The molecule has 0 aliphatic carbocycles. The van der Waals surface area contributed by atoms with Gasteiger partial charge in [0.15, 0.2) is 0 Å². The number of nitrogens with one attached hydrogen (secondary N) is 1. The van der Waals surface area contributed by atoms with Crippen LogP contribution in [0.15, 0.2) is 66.6 Å². The van der Waals surface area contributed by atoms with E-state index in [0.29, 0.717) is 6.42 Å². The summed E-state index contributed by atoms with van der Waals surface area (Å²) in [6, 6.07) is 8.88. The molecule has 0 fully saturated rings. The van der Waals surface area contributed by atoms with Crippen molar-refractivity contribution in [3.8, 4) is 0 Å². The van der Waals surface area contributed by atoms with Gasteiger partial charge in [-0.05, 0) is 55.3 Å². The van der Waals surface area contributed by atoms with Gasteiger partial charge in [-0.25, -0.2) is 0 Å². The number of benzene rings is 1. The summed E-state index contributed by atoms with van der Waals surface area (Å²) in [5.41, 5.74) is 1.35. The zero-order valence-electron chi connectivity index (χ0n) is 15.8. The number of methoxy groups -OCH3 is 1. The Labute approximate surface area is 162 Å². The molecule has 0 saturated carbocycles. The molecule has 1 atom stereocenters. The molecule has 0 heterocycles. The molecule has 1 N–H and O–H groups in total. The highest BCUT2D eigenvalue weighted by Gasteiger charge is 2.04. The van der Waals surface area contributed by atoms with Crippen molar-refractivity contribution in [1.29, 1.82) is 0 Å². The van der Waals surface area contributed by atoms with E-state index in [0.717, 1.165) is 38.5 Å². The Bertz CT molecular complexity index is 583. The van der Waals surface area contributed by atoms with Gasteiger partial charge in [0.05, 0.1) is 7.11 Å². The highest BCUT2D eigenvalue weighted by molar-refractivity contribution is 7.97. The lowest BCUT2D eigenvalue weighted by Crippen LogP contribution is -2.19. The summed E-state index contributed by atoms with van der Waals surface area (Å²) < 4.78 is 8.09. The SMILES string of the molecule is C=C/C=C\CC(C=C)NSc1cccc(CCCCCCC(=O)OC)c1. The summed E-state index contributed by atoms with van der Waals surface area (Å²) in [5, 5.41) is 0.